The lowest BCUT2D eigenvalue weighted by Crippen LogP contribution is -1.95. The summed E-state index contributed by atoms with van der Waals surface area (Å²) in [7, 11) is 1.37. The van der Waals surface area contributed by atoms with Gasteiger partial charge in [0.1, 0.15) is 5.94 Å². The second kappa shape index (κ2) is 4.25. The monoisotopic (exact) mass is 192 g/mol. The molecule has 0 spiro atoms. The molecule has 1 rings (SSSR count). The Hall–Kier alpha value is -2.06. The van der Waals surface area contributed by atoms with Crippen LogP contribution in [0.25, 0.3) is 0 Å². The maximum atomic E-state index is 11.2. The highest BCUT2D eigenvalue weighted by Crippen LogP contribution is 2.26. The van der Waals surface area contributed by atoms with Crippen LogP contribution in [0.3, 0.4) is 0 Å². The van der Waals surface area contributed by atoms with Crippen molar-refractivity contribution >= 4 is 11.7 Å². The molecule has 0 atom stereocenters. The van der Waals surface area contributed by atoms with Gasteiger partial charge < -0.3 is 9.84 Å². The molecule has 0 radical (unpaired) electrons. The van der Waals surface area contributed by atoms with E-state index in [1.54, 1.807) is 0 Å². The van der Waals surface area contributed by atoms with E-state index >= 15 is 0 Å². The van der Waals surface area contributed by atoms with E-state index in [-0.39, 0.29) is 17.1 Å². The summed E-state index contributed by atoms with van der Waals surface area (Å²) >= 11 is 0. The molecule has 4 nitrogen and oxygen atoms in total. The average Bonchev–Trinajstić information content (AvgIpc) is 2.19. The molecule has 0 aliphatic heterocycles. The molecule has 1 N–H and O–H groups in total. The molecule has 0 amide bonds. The lowest BCUT2D eigenvalue weighted by molar-refractivity contribution is 0.104. The van der Waals surface area contributed by atoms with Crippen LogP contribution in [0.2, 0.25) is 0 Å². The number of ether oxygens (including phenoxy) is 1. The van der Waals surface area contributed by atoms with Crippen LogP contribution >= 0.6 is 0 Å². The molecule has 72 valence electrons. The van der Waals surface area contributed by atoms with Crippen molar-refractivity contribution in [3.8, 4) is 11.5 Å². The molecule has 0 saturated heterocycles. The molecular weight excluding hydrogens is 184 g/mol. The van der Waals surface area contributed by atoms with Crippen molar-refractivity contribution in [2.75, 3.05) is 7.11 Å². The summed E-state index contributed by atoms with van der Waals surface area (Å²) in [5.41, 5.74) is 0.267. The number of carbonyl (C=O) groups excluding carboxylic acids is 2. The van der Waals surface area contributed by atoms with Crippen molar-refractivity contribution in [2.45, 2.75) is 0 Å². The number of phenolic OH excluding ortho intramolecular Hbond substituents is 1. The second-order valence-corrected chi connectivity index (χ2v) is 2.51. The Labute approximate surface area is 80.4 Å². The van der Waals surface area contributed by atoms with Gasteiger partial charge in [0.2, 0.25) is 0 Å². The maximum Gasteiger partial charge on any atom is 0.196 e. The minimum Gasteiger partial charge on any atom is -0.504 e. The van der Waals surface area contributed by atoms with Crippen LogP contribution in [0.1, 0.15) is 10.4 Å². The topological polar surface area (TPSA) is 63.6 Å². The first kappa shape index (κ1) is 10.0. The van der Waals surface area contributed by atoms with E-state index < -0.39 is 5.78 Å². The van der Waals surface area contributed by atoms with Gasteiger partial charge >= 0.3 is 0 Å². The number of phenols is 1. The Morgan fingerprint density at radius 3 is 2.86 bits per heavy atom. The zero-order chi connectivity index (χ0) is 10.6. The van der Waals surface area contributed by atoms with Crippen molar-refractivity contribution in [1.29, 1.82) is 0 Å². The quantitative estimate of drug-likeness (QED) is 0.440. The van der Waals surface area contributed by atoms with Gasteiger partial charge in [-0.1, -0.05) is 0 Å². The Morgan fingerprint density at radius 2 is 2.29 bits per heavy atom. The highest BCUT2D eigenvalue weighted by molar-refractivity contribution is 6.08. The summed E-state index contributed by atoms with van der Waals surface area (Å²) in [6.45, 7) is 0. The molecular formula is C10H8O4. The highest BCUT2D eigenvalue weighted by Gasteiger charge is 2.07. The zero-order valence-electron chi connectivity index (χ0n) is 7.48. The highest BCUT2D eigenvalue weighted by atomic mass is 16.5. The van der Waals surface area contributed by atoms with Crippen molar-refractivity contribution in [1.82, 2.24) is 0 Å². The lowest BCUT2D eigenvalue weighted by Gasteiger charge is -2.03. The molecule has 0 unspecified atom stereocenters. The van der Waals surface area contributed by atoms with Crippen molar-refractivity contribution in [3.05, 3.63) is 29.8 Å². The van der Waals surface area contributed by atoms with Gasteiger partial charge in [-0.05, 0) is 18.2 Å². The van der Waals surface area contributed by atoms with E-state index in [9.17, 15) is 14.7 Å². The predicted molar refractivity (Wildman–Crippen MR) is 49.3 cm³/mol. The number of rotatable bonds is 3. The molecule has 1 aromatic rings. The number of hydrogen-bond donors (Lipinski definition) is 1. The van der Waals surface area contributed by atoms with Crippen LogP contribution in [0.15, 0.2) is 24.3 Å². The third-order valence-corrected chi connectivity index (χ3v) is 1.65. The predicted octanol–water partition coefficient (Wildman–Crippen LogP) is 0.971. The second-order valence-electron chi connectivity index (χ2n) is 2.51. The Balaban J connectivity index is 3.12. The van der Waals surface area contributed by atoms with E-state index in [1.165, 1.54) is 31.3 Å². The van der Waals surface area contributed by atoms with Crippen LogP contribution in [0.4, 0.5) is 0 Å². The molecule has 0 fully saturated rings. The summed E-state index contributed by atoms with van der Waals surface area (Å²) < 4.78 is 4.80. The first-order valence-electron chi connectivity index (χ1n) is 3.81. The number of ketones is 1. The first-order chi connectivity index (χ1) is 6.69. The molecule has 4 heteroatoms. The standard InChI is InChI=1S/C10H8O4/c1-14-10-6-7(2-3-9(10)13)8(12)4-5-11/h2-4,6,13H,1H3. The summed E-state index contributed by atoms with van der Waals surface area (Å²) in [6.07, 6.45) is 0.784. The molecule has 1 aromatic carbocycles. The van der Waals surface area contributed by atoms with E-state index in [4.69, 9.17) is 4.74 Å². The number of hydrogen-bond acceptors (Lipinski definition) is 4. The van der Waals surface area contributed by atoms with Crippen LogP contribution in [0.5, 0.6) is 11.5 Å². The molecule has 0 aliphatic rings. The molecule has 0 aromatic heterocycles. The number of carbonyl (C=O) groups is 1. The fourth-order valence-electron chi connectivity index (χ4n) is 0.968. The van der Waals surface area contributed by atoms with Gasteiger partial charge in [-0.3, -0.25) is 4.79 Å². The SMILES string of the molecule is COc1cc(C(=O)C=C=O)ccc1O. The normalized spacial score (nSPS) is 8.93. The summed E-state index contributed by atoms with van der Waals surface area (Å²) in [6, 6.07) is 4.07. The third kappa shape index (κ3) is 2.00. The molecule has 0 bridgehead atoms. The van der Waals surface area contributed by atoms with Gasteiger partial charge in [-0.15, -0.1) is 0 Å². The van der Waals surface area contributed by atoms with Gasteiger partial charge in [-0.2, -0.15) is 0 Å². The van der Waals surface area contributed by atoms with Gasteiger partial charge in [-0.25, -0.2) is 4.79 Å². The van der Waals surface area contributed by atoms with Gasteiger partial charge in [0.25, 0.3) is 0 Å². The van der Waals surface area contributed by atoms with Crippen LogP contribution in [0, 0.1) is 0 Å². The molecule has 0 saturated carbocycles. The van der Waals surface area contributed by atoms with Crippen molar-refractivity contribution in [3.63, 3.8) is 0 Å². The Bertz CT molecular complexity index is 403. The number of benzene rings is 1. The Morgan fingerprint density at radius 1 is 1.57 bits per heavy atom. The average molecular weight is 192 g/mol. The van der Waals surface area contributed by atoms with Gasteiger partial charge in [0.05, 0.1) is 13.2 Å². The maximum absolute atomic E-state index is 11.2. The van der Waals surface area contributed by atoms with Crippen LogP contribution in [-0.4, -0.2) is 23.9 Å². The zero-order valence-corrected chi connectivity index (χ0v) is 7.48. The van der Waals surface area contributed by atoms with Crippen LogP contribution in [-0.2, 0) is 4.79 Å². The smallest absolute Gasteiger partial charge is 0.196 e. The number of methoxy groups -OCH3 is 1. The Kier molecular flexibility index (Phi) is 3.05. The van der Waals surface area contributed by atoms with E-state index in [0.29, 0.717) is 0 Å². The molecule has 14 heavy (non-hydrogen) atoms. The minimum absolute atomic E-state index is 0.0564. The van der Waals surface area contributed by atoms with Crippen LogP contribution < -0.4 is 4.74 Å². The van der Waals surface area contributed by atoms with Gasteiger partial charge in [0, 0.05) is 5.56 Å². The van der Waals surface area contributed by atoms with E-state index in [0.717, 1.165) is 6.08 Å². The largest absolute Gasteiger partial charge is 0.504 e. The summed E-state index contributed by atoms with van der Waals surface area (Å²) in [4.78, 5) is 21.1. The van der Waals surface area contributed by atoms with Crippen molar-refractivity contribution in [2.24, 2.45) is 0 Å². The third-order valence-electron chi connectivity index (χ3n) is 1.65. The molecule has 0 heterocycles. The molecule has 0 aliphatic carbocycles. The fraction of sp³-hybridized carbons (Fsp3) is 0.100. The van der Waals surface area contributed by atoms with E-state index in [1.807, 2.05) is 0 Å². The fourth-order valence-corrected chi connectivity index (χ4v) is 0.968. The first-order valence-corrected chi connectivity index (χ1v) is 3.81. The summed E-state index contributed by atoms with van der Waals surface area (Å²) in [5.74, 6) is 1.05. The number of aromatic hydroxyl groups is 1. The number of allylic oxidation sites excluding steroid dienone is 1. The minimum atomic E-state index is -0.474. The summed E-state index contributed by atoms with van der Waals surface area (Å²) in [5, 5.41) is 9.22. The lowest BCUT2D eigenvalue weighted by atomic mass is 10.1. The van der Waals surface area contributed by atoms with Gasteiger partial charge in [0.15, 0.2) is 17.3 Å². The van der Waals surface area contributed by atoms with Crippen molar-refractivity contribution < 1.29 is 19.4 Å². The van der Waals surface area contributed by atoms with E-state index in [2.05, 4.69) is 0 Å².